The molecule has 2 atom stereocenters. The van der Waals surface area contributed by atoms with Gasteiger partial charge in [0.2, 0.25) is 5.91 Å². The third-order valence-corrected chi connectivity index (χ3v) is 6.30. The van der Waals surface area contributed by atoms with Crippen LogP contribution in [-0.4, -0.2) is 48.4 Å². The highest BCUT2D eigenvalue weighted by molar-refractivity contribution is 5.99. The van der Waals surface area contributed by atoms with Crippen LogP contribution in [0.3, 0.4) is 0 Å². The van der Waals surface area contributed by atoms with Crippen LogP contribution < -0.4 is 25.2 Å². The van der Waals surface area contributed by atoms with Crippen LogP contribution in [-0.2, 0) is 11.3 Å². The number of amides is 2. The van der Waals surface area contributed by atoms with Crippen LogP contribution in [0.15, 0.2) is 65.6 Å². The van der Waals surface area contributed by atoms with Gasteiger partial charge in [-0.3, -0.25) is 14.4 Å². The lowest BCUT2D eigenvalue weighted by molar-refractivity contribution is -0.120. The minimum atomic E-state index is -2.97. The summed E-state index contributed by atoms with van der Waals surface area (Å²) in [5.41, 5.74) is 0.936. The van der Waals surface area contributed by atoms with E-state index in [0.29, 0.717) is 12.3 Å². The third-order valence-electron chi connectivity index (χ3n) is 6.30. The highest BCUT2D eigenvalue weighted by Crippen LogP contribution is 2.36. The molecule has 37 heavy (non-hydrogen) atoms. The average molecular weight is 513 g/mol. The number of carbonyl (C=O) groups is 2. The van der Waals surface area contributed by atoms with Gasteiger partial charge < -0.3 is 19.7 Å². The number of halogens is 2. The highest BCUT2D eigenvalue weighted by atomic mass is 19.3. The van der Waals surface area contributed by atoms with Gasteiger partial charge in [0.25, 0.3) is 11.5 Å². The quantitative estimate of drug-likeness (QED) is 0.473. The Morgan fingerprint density at radius 1 is 1.08 bits per heavy atom. The molecule has 9 nitrogen and oxygen atoms in total. The molecule has 1 N–H and O–H groups in total. The molecule has 0 saturated carbocycles. The van der Waals surface area contributed by atoms with Crippen molar-refractivity contribution in [2.24, 2.45) is 5.92 Å². The first-order chi connectivity index (χ1) is 17.8. The van der Waals surface area contributed by atoms with Gasteiger partial charge in [-0.05, 0) is 55.0 Å². The molecule has 1 saturated heterocycles. The fourth-order valence-corrected chi connectivity index (χ4v) is 4.39. The Kier molecular flexibility index (Phi) is 7.80. The Bertz CT molecular complexity index is 1310. The molecule has 1 unspecified atom stereocenters. The third kappa shape index (κ3) is 5.60. The standard InChI is InChI=1S/C26H26F2N4O5/c1-3-32-25(35)22(12-13-30-32)31-15-21(16-4-8-18(36-2)9-5-16)20(24(31)34)14-29-23(33)17-6-10-19(11-7-17)37-26(27)28/h4-13,20-21,26H,3,14-15H2,1-2H3,(H,29,33)/t20?,21-/m0/s1. The van der Waals surface area contributed by atoms with Crippen molar-refractivity contribution in [3.63, 3.8) is 0 Å². The molecule has 1 fully saturated rings. The van der Waals surface area contributed by atoms with E-state index in [1.165, 1.54) is 46.1 Å². The number of aromatic nitrogens is 2. The molecule has 0 bridgehead atoms. The van der Waals surface area contributed by atoms with Crippen LogP contribution in [0.5, 0.6) is 11.5 Å². The normalized spacial score (nSPS) is 17.2. The van der Waals surface area contributed by atoms with Crippen molar-refractivity contribution in [1.82, 2.24) is 15.1 Å². The molecule has 2 aromatic carbocycles. The van der Waals surface area contributed by atoms with Crippen molar-refractivity contribution in [2.45, 2.75) is 26.0 Å². The van der Waals surface area contributed by atoms with Crippen molar-refractivity contribution in [3.8, 4) is 11.5 Å². The molecule has 1 aliphatic heterocycles. The summed E-state index contributed by atoms with van der Waals surface area (Å²) in [6.07, 6.45) is 1.48. The molecular weight excluding hydrogens is 486 g/mol. The van der Waals surface area contributed by atoms with E-state index in [4.69, 9.17) is 4.74 Å². The molecule has 2 heterocycles. The number of anilines is 1. The summed E-state index contributed by atoms with van der Waals surface area (Å²) in [5, 5.41) is 6.80. The minimum absolute atomic E-state index is 0.00714. The first kappa shape index (κ1) is 25.8. The Morgan fingerprint density at radius 3 is 2.38 bits per heavy atom. The Balaban J connectivity index is 1.57. The Morgan fingerprint density at radius 2 is 1.76 bits per heavy atom. The number of benzene rings is 2. The monoisotopic (exact) mass is 512 g/mol. The number of carbonyl (C=O) groups excluding carboxylic acids is 2. The van der Waals surface area contributed by atoms with Crippen LogP contribution in [0.4, 0.5) is 14.5 Å². The second-order valence-corrected chi connectivity index (χ2v) is 8.39. The summed E-state index contributed by atoms with van der Waals surface area (Å²) in [6.45, 7) is -0.569. The SMILES string of the molecule is CCn1nccc(N2C[C@@H](c3ccc(OC)cc3)C(CNC(=O)c3ccc(OC(F)F)cc3)C2=O)c1=O. The molecule has 194 valence electrons. The van der Waals surface area contributed by atoms with Crippen molar-refractivity contribution in [1.29, 1.82) is 0 Å². The maximum Gasteiger partial charge on any atom is 0.387 e. The van der Waals surface area contributed by atoms with Gasteiger partial charge in [0.15, 0.2) is 0 Å². The number of ether oxygens (including phenoxy) is 2. The minimum Gasteiger partial charge on any atom is -0.497 e. The summed E-state index contributed by atoms with van der Waals surface area (Å²) in [5.74, 6) is -1.14. The number of methoxy groups -OCH3 is 1. The van der Waals surface area contributed by atoms with E-state index in [-0.39, 0.29) is 47.5 Å². The lowest BCUT2D eigenvalue weighted by Gasteiger charge is -2.18. The maximum atomic E-state index is 13.6. The number of nitrogens with zero attached hydrogens (tertiary/aromatic N) is 3. The molecule has 1 aliphatic rings. The molecule has 4 rings (SSSR count). The van der Waals surface area contributed by atoms with E-state index in [0.717, 1.165) is 5.56 Å². The summed E-state index contributed by atoms with van der Waals surface area (Å²) in [6, 6.07) is 14.1. The van der Waals surface area contributed by atoms with Gasteiger partial charge in [-0.25, -0.2) is 4.68 Å². The lowest BCUT2D eigenvalue weighted by atomic mass is 9.88. The number of alkyl halides is 2. The van der Waals surface area contributed by atoms with Gasteiger partial charge >= 0.3 is 6.61 Å². The second kappa shape index (κ2) is 11.2. The van der Waals surface area contributed by atoms with Crippen LogP contribution >= 0.6 is 0 Å². The molecule has 1 aromatic heterocycles. The maximum absolute atomic E-state index is 13.6. The zero-order chi connectivity index (χ0) is 26.5. The van der Waals surface area contributed by atoms with Crippen molar-refractivity contribution < 1.29 is 27.8 Å². The first-order valence-electron chi connectivity index (χ1n) is 11.7. The van der Waals surface area contributed by atoms with E-state index in [2.05, 4.69) is 15.2 Å². The number of hydrogen-bond donors (Lipinski definition) is 1. The second-order valence-electron chi connectivity index (χ2n) is 8.39. The molecule has 0 aliphatic carbocycles. The van der Waals surface area contributed by atoms with E-state index in [9.17, 15) is 23.2 Å². The fraction of sp³-hybridized carbons (Fsp3) is 0.308. The number of hydrogen-bond acceptors (Lipinski definition) is 6. The predicted molar refractivity (Wildman–Crippen MR) is 131 cm³/mol. The molecule has 11 heteroatoms. The fourth-order valence-electron chi connectivity index (χ4n) is 4.39. The van der Waals surface area contributed by atoms with E-state index >= 15 is 0 Å². The summed E-state index contributed by atoms with van der Waals surface area (Å²) in [7, 11) is 1.56. The van der Waals surface area contributed by atoms with Gasteiger partial charge in [-0.1, -0.05) is 12.1 Å². The molecule has 2 amide bonds. The average Bonchev–Trinajstić information content (AvgIpc) is 3.23. The van der Waals surface area contributed by atoms with Crippen LogP contribution in [0, 0.1) is 5.92 Å². The first-order valence-corrected chi connectivity index (χ1v) is 11.7. The van der Waals surface area contributed by atoms with Crippen molar-refractivity contribution in [2.75, 3.05) is 25.1 Å². The van der Waals surface area contributed by atoms with E-state index in [1.54, 1.807) is 26.2 Å². The van der Waals surface area contributed by atoms with Gasteiger partial charge in [-0.2, -0.15) is 13.9 Å². The number of aryl methyl sites for hydroxylation is 1. The van der Waals surface area contributed by atoms with Crippen LogP contribution in [0.2, 0.25) is 0 Å². The van der Waals surface area contributed by atoms with Gasteiger partial charge in [0.05, 0.1) is 13.0 Å². The predicted octanol–water partition coefficient (Wildman–Crippen LogP) is 3.05. The lowest BCUT2D eigenvalue weighted by Crippen LogP contribution is -2.38. The van der Waals surface area contributed by atoms with Gasteiger partial charge in [-0.15, -0.1) is 0 Å². The number of nitrogens with one attached hydrogen (secondary N) is 1. The smallest absolute Gasteiger partial charge is 0.387 e. The van der Waals surface area contributed by atoms with Gasteiger partial charge in [0, 0.05) is 37.3 Å². The van der Waals surface area contributed by atoms with Crippen molar-refractivity contribution >= 4 is 17.5 Å². The summed E-state index contributed by atoms with van der Waals surface area (Å²) < 4.78 is 35.6. The van der Waals surface area contributed by atoms with Gasteiger partial charge in [0.1, 0.15) is 17.2 Å². The highest BCUT2D eigenvalue weighted by Gasteiger charge is 2.42. The van der Waals surface area contributed by atoms with Crippen molar-refractivity contribution in [3.05, 3.63) is 82.3 Å². The summed E-state index contributed by atoms with van der Waals surface area (Å²) >= 11 is 0. The van der Waals surface area contributed by atoms with E-state index < -0.39 is 18.4 Å². The Hall–Kier alpha value is -4.28. The largest absolute Gasteiger partial charge is 0.497 e. The zero-order valence-corrected chi connectivity index (χ0v) is 20.3. The van der Waals surface area contributed by atoms with Crippen LogP contribution in [0.25, 0.3) is 0 Å². The number of rotatable bonds is 9. The molecular formula is C26H26F2N4O5. The Labute approximate surface area is 211 Å². The summed E-state index contributed by atoms with van der Waals surface area (Å²) in [4.78, 5) is 40.6. The van der Waals surface area contributed by atoms with Crippen LogP contribution in [0.1, 0.15) is 28.8 Å². The van der Waals surface area contributed by atoms with E-state index in [1.807, 2.05) is 12.1 Å². The molecule has 3 aromatic rings. The molecule has 0 spiro atoms. The topological polar surface area (TPSA) is 103 Å². The molecule has 0 radical (unpaired) electrons. The zero-order valence-electron chi connectivity index (χ0n) is 20.3.